The molecule has 11 nitrogen and oxygen atoms in total. The van der Waals surface area contributed by atoms with E-state index in [9.17, 15) is 27.7 Å². The number of ether oxygens (including phenoxy) is 1. The maximum Gasteiger partial charge on any atom is 0.407 e. The molecule has 4 aliphatic heterocycles. The van der Waals surface area contributed by atoms with E-state index in [0.717, 1.165) is 90.1 Å². The van der Waals surface area contributed by atoms with E-state index in [1.54, 1.807) is 23.1 Å². The highest BCUT2D eigenvalue weighted by Gasteiger charge is 2.52. The van der Waals surface area contributed by atoms with Gasteiger partial charge in [0.1, 0.15) is 11.1 Å². The second-order valence-corrected chi connectivity index (χ2v) is 18.3. The summed E-state index contributed by atoms with van der Waals surface area (Å²) in [5.74, 6) is -0.264. The molecule has 13 heteroatoms. The minimum atomic E-state index is -3.53. The molecule has 6 rings (SSSR count). The van der Waals surface area contributed by atoms with Crippen molar-refractivity contribution in [2.75, 3.05) is 77.5 Å². The number of sulfone groups is 1. The SMILES string of the molecule is C=C/C=C(F)\C=C(/C)[C@](C#N)(C1CCN(CC2CN(c3ccc(S(=O)(=O)C4CN(C(=O)/C=C/CN5CCCC5)C4)cc3)C2)CC1)[C@H]1CCC[C@@H]1NC(=O)OC. The summed E-state index contributed by atoms with van der Waals surface area (Å²) in [5.41, 5.74) is 0.738. The zero-order chi connectivity index (χ0) is 39.2. The third-order valence-corrected chi connectivity index (χ3v) is 14.8. The molecule has 4 heterocycles. The first kappa shape index (κ1) is 40.7. The summed E-state index contributed by atoms with van der Waals surface area (Å²) < 4.78 is 46.4. The summed E-state index contributed by atoms with van der Waals surface area (Å²) in [5, 5.41) is 13.3. The summed E-state index contributed by atoms with van der Waals surface area (Å²) in [7, 11) is -2.20. The molecule has 0 spiro atoms. The van der Waals surface area contributed by atoms with Crippen LogP contribution in [0.2, 0.25) is 0 Å². The maximum absolute atomic E-state index is 14.8. The Hall–Kier alpha value is -3.99. The highest BCUT2D eigenvalue weighted by atomic mass is 32.2. The van der Waals surface area contributed by atoms with Crippen molar-refractivity contribution in [1.29, 1.82) is 5.26 Å². The molecular formula is C42H57FN6O5S. The van der Waals surface area contributed by atoms with Crippen LogP contribution in [0.4, 0.5) is 14.9 Å². The van der Waals surface area contributed by atoms with Gasteiger partial charge in [-0.1, -0.05) is 25.2 Å². The first-order chi connectivity index (χ1) is 26.5. The lowest BCUT2D eigenvalue weighted by Gasteiger charge is -2.48. The standard InChI is InChI=1S/C42H57FN6O5S/c1-4-9-34(43)24-31(2)42(30-44,38-10-7-11-39(38)45-41(51)54-3)33-17-22-47(23-18-33)25-32-26-48(27-32)35-13-15-36(16-14-35)55(52,53)37-28-49(29-37)40(50)12-8-21-46-19-5-6-20-46/h4,8-9,12-16,24,32-33,37-39H,1,5-7,10-11,17-23,25-29H2,2-3H3,(H,45,51)/b12-8+,31-24+,34-9+/t38-,39-,42+/m0/s1. The van der Waals surface area contributed by atoms with Gasteiger partial charge in [-0.3, -0.25) is 9.69 Å². The molecule has 55 heavy (non-hydrogen) atoms. The van der Waals surface area contributed by atoms with Crippen LogP contribution in [0.1, 0.15) is 51.9 Å². The van der Waals surface area contributed by atoms with Crippen LogP contribution in [-0.2, 0) is 19.4 Å². The second-order valence-electron chi connectivity index (χ2n) is 16.0. The largest absolute Gasteiger partial charge is 0.453 e. The van der Waals surface area contributed by atoms with Crippen LogP contribution in [-0.4, -0.2) is 119 Å². The molecule has 0 aromatic heterocycles. The van der Waals surface area contributed by atoms with Crippen molar-refractivity contribution < 1.29 is 27.1 Å². The number of piperidine rings is 1. The Balaban J connectivity index is 0.993. The van der Waals surface area contributed by atoms with Crippen molar-refractivity contribution in [3.8, 4) is 6.07 Å². The number of allylic oxidation sites excluding steroid dienone is 5. The van der Waals surface area contributed by atoms with Gasteiger partial charge < -0.3 is 24.8 Å². The molecule has 2 amide bonds. The van der Waals surface area contributed by atoms with E-state index in [-0.39, 0.29) is 36.9 Å². The van der Waals surface area contributed by atoms with Crippen molar-refractivity contribution in [2.24, 2.45) is 23.2 Å². The molecule has 1 saturated carbocycles. The average Bonchev–Trinajstić information content (AvgIpc) is 3.83. The van der Waals surface area contributed by atoms with Gasteiger partial charge in [0.05, 0.1) is 23.5 Å². The molecular weight excluding hydrogens is 720 g/mol. The Morgan fingerprint density at radius 3 is 2.35 bits per heavy atom. The number of methoxy groups -OCH3 is 1. The van der Waals surface area contributed by atoms with Gasteiger partial charge in [0, 0.05) is 68.9 Å². The van der Waals surface area contributed by atoms with Gasteiger partial charge in [-0.05, 0) is 120 Å². The molecule has 1 aromatic rings. The highest BCUT2D eigenvalue weighted by Crippen LogP contribution is 2.53. The van der Waals surface area contributed by atoms with Crippen LogP contribution in [0.3, 0.4) is 0 Å². The first-order valence-corrected chi connectivity index (χ1v) is 21.4. The van der Waals surface area contributed by atoms with E-state index in [1.165, 1.54) is 38.2 Å². The smallest absolute Gasteiger partial charge is 0.407 e. The zero-order valence-electron chi connectivity index (χ0n) is 32.4. The van der Waals surface area contributed by atoms with Crippen LogP contribution in [0.25, 0.3) is 0 Å². The van der Waals surface area contributed by atoms with Gasteiger partial charge in [-0.25, -0.2) is 17.6 Å². The summed E-state index contributed by atoms with van der Waals surface area (Å²) in [6.07, 6.45) is 13.5. The van der Waals surface area contributed by atoms with Crippen LogP contribution in [0.5, 0.6) is 0 Å². The van der Waals surface area contributed by atoms with Gasteiger partial charge in [-0.2, -0.15) is 5.26 Å². The Labute approximate surface area is 326 Å². The number of halogens is 1. The van der Waals surface area contributed by atoms with Gasteiger partial charge >= 0.3 is 6.09 Å². The topological polar surface area (TPSA) is 126 Å². The quantitative estimate of drug-likeness (QED) is 0.193. The highest BCUT2D eigenvalue weighted by molar-refractivity contribution is 7.92. The van der Waals surface area contributed by atoms with Crippen molar-refractivity contribution in [3.63, 3.8) is 0 Å². The number of nitrogens with zero attached hydrogens (tertiary/aromatic N) is 5. The number of carbonyl (C=O) groups is 2. The second kappa shape index (κ2) is 17.9. The lowest BCUT2D eigenvalue weighted by Crippen LogP contribution is -2.56. The Morgan fingerprint density at radius 2 is 1.71 bits per heavy atom. The van der Waals surface area contributed by atoms with E-state index < -0.39 is 32.4 Å². The van der Waals surface area contributed by atoms with Crippen LogP contribution < -0.4 is 10.2 Å². The van der Waals surface area contributed by atoms with Crippen LogP contribution in [0.15, 0.2) is 77.5 Å². The molecule has 0 radical (unpaired) electrons. The molecule has 1 N–H and O–H groups in total. The molecule has 0 bridgehead atoms. The van der Waals surface area contributed by atoms with Crippen molar-refractivity contribution in [3.05, 3.63) is 72.6 Å². The fourth-order valence-electron chi connectivity index (χ4n) is 9.61. The number of anilines is 1. The predicted octanol–water partition coefficient (Wildman–Crippen LogP) is 5.49. The maximum atomic E-state index is 14.8. The zero-order valence-corrected chi connectivity index (χ0v) is 33.2. The van der Waals surface area contributed by atoms with E-state index in [4.69, 9.17) is 4.74 Å². The molecule has 0 unspecified atom stereocenters. The predicted molar refractivity (Wildman–Crippen MR) is 212 cm³/mol. The van der Waals surface area contributed by atoms with E-state index in [0.29, 0.717) is 16.4 Å². The summed E-state index contributed by atoms with van der Waals surface area (Å²) in [6, 6.07) is 9.60. The number of rotatable bonds is 14. The number of hydrogen-bond donors (Lipinski definition) is 1. The van der Waals surface area contributed by atoms with Crippen molar-refractivity contribution in [1.82, 2.24) is 20.0 Å². The minimum absolute atomic E-state index is 0.00392. The number of alkyl carbamates (subject to hydrolysis) is 1. The van der Waals surface area contributed by atoms with E-state index >= 15 is 0 Å². The van der Waals surface area contributed by atoms with Crippen LogP contribution >= 0.6 is 0 Å². The van der Waals surface area contributed by atoms with Crippen molar-refractivity contribution >= 4 is 27.5 Å². The minimum Gasteiger partial charge on any atom is -0.453 e. The Bertz CT molecular complexity index is 1780. The summed E-state index contributed by atoms with van der Waals surface area (Å²) in [6.45, 7) is 13.1. The number of nitrogens with one attached hydrogen (secondary N) is 1. The summed E-state index contributed by atoms with van der Waals surface area (Å²) in [4.78, 5) is 33.7. The lowest BCUT2D eigenvalue weighted by atomic mass is 9.59. The van der Waals surface area contributed by atoms with Gasteiger partial charge in [0.25, 0.3) is 0 Å². The number of benzene rings is 1. The first-order valence-electron chi connectivity index (χ1n) is 19.9. The summed E-state index contributed by atoms with van der Waals surface area (Å²) >= 11 is 0. The van der Waals surface area contributed by atoms with Crippen LogP contribution in [0, 0.1) is 34.5 Å². The average molecular weight is 777 g/mol. The number of nitriles is 1. The molecule has 1 aromatic carbocycles. The number of likely N-dealkylation sites (tertiary alicyclic amines) is 3. The molecule has 4 saturated heterocycles. The fourth-order valence-corrected chi connectivity index (χ4v) is 11.3. The van der Waals surface area contributed by atoms with Gasteiger partial charge in [0.15, 0.2) is 9.84 Å². The Kier molecular flexibility index (Phi) is 13.2. The third-order valence-electron chi connectivity index (χ3n) is 12.7. The van der Waals surface area contributed by atoms with Gasteiger partial charge in [-0.15, -0.1) is 0 Å². The molecule has 1 aliphatic carbocycles. The van der Waals surface area contributed by atoms with E-state index in [2.05, 4.69) is 32.7 Å². The number of hydrogen-bond acceptors (Lipinski definition) is 9. The molecule has 5 fully saturated rings. The molecule has 3 atom stereocenters. The number of amides is 2. The fraction of sp³-hybridized carbons (Fsp3) is 0.595. The number of carbonyl (C=O) groups excluding carboxylic acids is 2. The van der Waals surface area contributed by atoms with Gasteiger partial charge in [0.2, 0.25) is 5.91 Å². The third kappa shape index (κ3) is 9.03. The van der Waals surface area contributed by atoms with Crippen molar-refractivity contribution in [2.45, 2.75) is 68.1 Å². The molecule has 5 aliphatic rings. The monoisotopic (exact) mass is 776 g/mol. The van der Waals surface area contributed by atoms with E-state index in [1.807, 2.05) is 25.1 Å². The molecule has 298 valence electrons. The Morgan fingerprint density at radius 1 is 1.02 bits per heavy atom. The normalized spacial score (nSPS) is 25.0. The lowest BCUT2D eigenvalue weighted by molar-refractivity contribution is -0.129.